The van der Waals surface area contributed by atoms with Gasteiger partial charge >= 0.3 is 0 Å². The van der Waals surface area contributed by atoms with Gasteiger partial charge in [0.05, 0.1) is 11.1 Å². The zero-order valence-corrected chi connectivity index (χ0v) is 15.0. The predicted molar refractivity (Wildman–Crippen MR) is 90.2 cm³/mol. The van der Waals surface area contributed by atoms with Gasteiger partial charge in [-0.15, -0.1) is 0 Å². The van der Waals surface area contributed by atoms with E-state index in [0.717, 1.165) is 51.1 Å². The third kappa shape index (κ3) is 4.08. The molecule has 2 aliphatic heterocycles. The van der Waals surface area contributed by atoms with Gasteiger partial charge in [0.1, 0.15) is 10.7 Å². The molecular weight excluding hydrogens is 355 g/mol. The monoisotopic (exact) mass is 376 g/mol. The highest BCUT2D eigenvalue weighted by atomic mass is 35.5. The fraction of sp³-hybridized carbons (Fsp3) is 0.625. The number of rotatable bonds is 4. The zero-order chi connectivity index (χ0) is 17.2. The van der Waals surface area contributed by atoms with Gasteiger partial charge in [0.25, 0.3) is 0 Å². The molecular formula is C16H22ClFN2O3S. The molecule has 0 radical (unpaired) electrons. The Labute approximate surface area is 147 Å². The number of hydrogen-bond donors (Lipinski definition) is 0. The minimum absolute atomic E-state index is 0.0295. The summed E-state index contributed by atoms with van der Waals surface area (Å²) in [5.74, 6) is -0.544. The van der Waals surface area contributed by atoms with Crippen molar-refractivity contribution in [3.8, 4) is 0 Å². The summed E-state index contributed by atoms with van der Waals surface area (Å²) in [6.07, 6.45) is 3.19. The lowest BCUT2D eigenvalue weighted by Gasteiger charge is -2.24. The lowest BCUT2D eigenvalue weighted by molar-refractivity contribution is 0.0749. The van der Waals surface area contributed by atoms with Gasteiger partial charge in [0.15, 0.2) is 0 Å². The Morgan fingerprint density at radius 2 is 2.04 bits per heavy atom. The molecule has 24 heavy (non-hydrogen) atoms. The van der Waals surface area contributed by atoms with Gasteiger partial charge in [-0.25, -0.2) is 12.8 Å². The van der Waals surface area contributed by atoms with Gasteiger partial charge in [-0.2, -0.15) is 4.31 Å². The summed E-state index contributed by atoms with van der Waals surface area (Å²) in [6, 6.07) is 3.40. The zero-order valence-electron chi connectivity index (χ0n) is 13.5. The van der Waals surface area contributed by atoms with Crippen LogP contribution in [-0.2, 0) is 14.8 Å². The first-order valence-corrected chi connectivity index (χ1v) is 10.1. The van der Waals surface area contributed by atoms with Crippen molar-refractivity contribution in [3.05, 3.63) is 29.0 Å². The van der Waals surface area contributed by atoms with Crippen molar-refractivity contribution in [2.24, 2.45) is 0 Å². The molecule has 0 N–H and O–H groups in total. The Hall–Kier alpha value is -0.730. The maximum absolute atomic E-state index is 13.2. The van der Waals surface area contributed by atoms with Crippen LogP contribution in [0, 0.1) is 5.82 Å². The molecule has 1 atom stereocenters. The summed E-state index contributed by atoms with van der Waals surface area (Å²) < 4.78 is 45.9. The van der Waals surface area contributed by atoms with E-state index in [0.29, 0.717) is 19.6 Å². The summed E-state index contributed by atoms with van der Waals surface area (Å²) >= 11 is 5.94. The van der Waals surface area contributed by atoms with Crippen molar-refractivity contribution in [3.63, 3.8) is 0 Å². The second-order valence-corrected chi connectivity index (χ2v) is 8.58. The van der Waals surface area contributed by atoms with Crippen molar-refractivity contribution in [2.45, 2.75) is 30.3 Å². The van der Waals surface area contributed by atoms with Crippen LogP contribution in [0.5, 0.6) is 0 Å². The van der Waals surface area contributed by atoms with E-state index < -0.39 is 15.8 Å². The standard InChI is InChI=1S/C16H22ClFN2O3S/c17-15-11-13(18)4-5-16(15)24(21,22)20-7-2-6-19(8-9-20)12-14-3-1-10-23-14/h4-5,11,14H,1-3,6-10,12H2/t14-/m0/s1. The number of sulfonamides is 1. The van der Waals surface area contributed by atoms with E-state index in [9.17, 15) is 12.8 Å². The Morgan fingerprint density at radius 1 is 1.21 bits per heavy atom. The molecule has 2 aliphatic rings. The van der Waals surface area contributed by atoms with Crippen LogP contribution in [0.1, 0.15) is 19.3 Å². The van der Waals surface area contributed by atoms with E-state index in [2.05, 4.69) is 4.90 Å². The summed E-state index contributed by atoms with van der Waals surface area (Å²) in [5.41, 5.74) is 0. The molecule has 0 bridgehead atoms. The van der Waals surface area contributed by atoms with Crippen molar-refractivity contribution >= 4 is 21.6 Å². The van der Waals surface area contributed by atoms with Crippen LogP contribution in [0.4, 0.5) is 4.39 Å². The SMILES string of the molecule is O=S(=O)(c1ccc(F)cc1Cl)N1CCCN(C[C@@H]2CCCO2)CC1. The molecule has 0 aliphatic carbocycles. The van der Waals surface area contributed by atoms with Crippen LogP contribution in [0.15, 0.2) is 23.1 Å². The fourth-order valence-corrected chi connectivity index (χ4v) is 5.24. The van der Waals surface area contributed by atoms with Crippen LogP contribution >= 0.6 is 11.6 Å². The van der Waals surface area contributed by atoms with Crippen LogP contribution in [0.3, 0.4) is 0 Å². The fourth-order valence-electron chi connectivity index (χ4n) is 3.27. The quantitative estimate of drug-likeness (QED) is 0.809. The number of ether oxygens (including phenoxy) is 1. The molecule has 134 valence electrons. The van der Waals surface area contributed by atoms with Gasteiger partial charge in [-0.1, -0.05) is 11.6 Å². The molecule has 2 fully saturated rings. The lowest BCUT2D eigenvalue weighted by Crippen LogP contribution is -2.37. The molecule has 2 saturated heterocycles. The third-order valence-corrected chi connectivity index (χ3v) is 6.93. The van der Waals surface area contributed by atoms with Crippen molar-refractivity contribution in [1.29, 1.82) is 0 Å². The highest BCUT2D eigenvalue weighted by molar-refractivity contribution is 7.89. The molecule has 0 aromatic heterocycles. The maximum Gasteiger partial charge on any atom is 0.244 e. The molecule has 0 amide bonds. The van der Waals surface area contributed by atoms with Crippen LogP contribution in [0.2, 0.25) is 5.02 Å². The Morgan fingerprint density at radius 3 is 2.75 bits per heavy atom. The normalized spacial score (nSPS) is 24.2. The first kappa shape index (κ1) is 18.1. The number of nitrogens with zero attached hydrogens (tertiary/aromatic N) is 2. The third-order valence-electron chi connectivity index (χ3n) is 4.55. The highest BCUT2D eigenvalue weighted by Crippen LogP contribution is 2.26. The number of halogens is 2. The van der Waals surface area contributed by atoms with E-state index in [1.807, 2.05) is 0 Å². The lowest BCUT2D eigenvalue weighted by atomic mass is 10.2. The van der Waals surface area contributed by atoms with Gasteiger partial charge in [0.2, 0.25) is 10.0 Å². The topological polar surface area (TPSA) is 49.9 Å². The minimum Gasteiger partial charge on any atom is -0.377 e. The molecule has 5 nitrogen and oxygen atoms in total. The molecule has 1 aromatic carbocycles. The molecule has 2 heterocycles. The van der Waals surface area contributed by atoms with E-state index in [-0.39, 0.29) is 16.0 Å². The summed E-state index contributed by atoms with van der Waals surface area (Å²) in [4.78, 5) is 2.23. The van der Waals surface area contributed by atoms with Gasteiger partial charge in [-0.3, -0.25) is 4.90 Å². The minimum atomic E-state index is -3.71. The molecule has 3 rings (SSSR count). The predicted octanol–water partition coefficient (Wildman–Crippen LogP) is 2.35. The van der Waals surface area contributed by atoms with Crippen molar-refractivity contribution in [1.82, 2.24) is 9.21 Å². The van der Waals surface area contributed by atoms with E-state index >= 15 is 0 Å². The summed E-state index contributed by atoms with van der Waals surface area (Å²) in [6.45, 7) is 4.04. The van der Waals surface area contributed by atoms with Crippen LogP contribution in [-0.4, -0.2) is 63.1 Å². The summed E-state index contributed by atoms with van der Waals surface area (Å²) in [7, 11) is -3.71. The second-order valence-electron chi connectivity index (χ2n) is 6.27. The first-order chi connectivity index (χ1) is 11.5. The van der Waals surface area contributed by atoms with E-state index in [1.165, 1.54) is 10.4 Å². The average Bonchev–Trinajstić information content (AvgIpc) is 2.90. The summed E-state index contributed by atoms with van der Waals surface area (Å²) in [5, 5.41) is -0.0736. The number of hydrogen-bond acceptors (Lipinski definition) is 4. The Bertz CT molecular complexity index is 680. The number of benzene rings is 1. The Balaban J connectivity index is 1.68. The van der Waals surface area contributed by atoms with Crippen molar-refractivity contribution in [2.75, 3.05) is 39.3 Å². The molecule has 8 heteroatoms. The molecule has 1 aromatic rings. The van der Waals surface area contributed by atoms with Gasteiger partial charge in [-0.05, 0) is 44.0 Å². The van der Waals surface area contributed by atoms with Gasteiger partial charge < -0.3 is 4.74 Å². The maximum atomic E-state index is 13.2. The average molecular weight is 377 g/mol. The molecule has 0 unspecified atom stereocenters. The first-order valence-electron chi connectivity index (χ1n) is 8.26. The Kier molecular flexibility index (Phi) is 5.77. The molecule has 0 saturated carbocycles. The largest absolute Gasteiger partial charge is 0.377 e. The smallest absolute Gasteiger partial charge is 0.244 e. The van der Waals surface area contributed by atoms with Crippen LogP contribution in [0.25, 0.3) is 0 Å². The van der Waals surface area contributed by atoms with E-state index in [4.69, 9.17) is 16.3 Å². The highest BCUT2D eigenvalue weighted by Gasteiger charge is 2.29. The molecule has 0 spiro atoms. The van der Waals surface area contributed by atoms with Crippen LogP contribution < -0.4 is 0 Å². The van der Waals surface area contributed by atoms with Crippen molar-refractivity contribution < 1.29 is 17.5 Å². The van der Waals surface area contributed by atoms with E-state index in [1.54, 1.807) is 0 Å². The second kappa shape index (κ2) is 7.66. The van der Waals surface area contributed by atoms with Gasteiger partial charge in [0, 0.05) is 32.8 Å².